The van der Waals surface area contributed by atoms with Crippen molar-refractivity contribution in [3.8, 4) is 5.75 Å². The van der Waals surface area contributed by atoms with Gasteiger partial charge < -0.3 is 9.72 Å². The molecule has 2 aliphatic rings. The van der Waals surface area contributed by atoms with E-state index in [2.05, 4.69) is 9.88 Å². The molecule has 2 aromatic rings. The van der Waals surface area contributed by atoms with E-state index < -0.39 is 10.0 Å². The predicted molar refractivity (Wildman–Crippen MR) is 114 cm³/mol. The van der Waals surface area contributed by atoms with Gasteiger partial charge >= 0.3 is 0 Å². The molecule has 3 heterocycles. The van der Waals surface area contributed by atoms with E-state index in [9.17, 15) is 13.2 Å². The van der Waals surface area contributed by atoms with Crippen molar-refractivity contribution in [2.75, 3.05) is 32.5 Å². The molecule has 0 aliphatic carbocycles. The van der Waals surface area contributed by atoms with Crippen LogP contribution in [0.2, 0.25) is 0 Å². The molecule has 162 valence electrons. The number of H-pyrrole nitrogens is 1. The first-order valence-electron chi connectivity index (χ1n) is 10.3. The van der Waals surface area contributed by atoms with E-state index in [1.54, 1.807) is 14.0 Å². The number of hydrogen-bond acceptors (Lipinski definition) is 6. The number of nitrogens with zero attached hydrogens (tertiary/aromatic N) is 3. The summed E-state index contributed by atoms with van der Waals surface area (Å²) < 4.78 is 31.0. The van der Waals surface area contributed by atoms with E-state index >= 15 is 0 Å². The van der Waals surface area contributed by atoms with Crippen molar-refractivity contribution in [3.05, 3.63) is 57.3 Å². The third-order valence-electron chi connectivity index (χ3n) is 6.03. The van der Waals surface area contributed by atoms with E-state index in [0.717, 1.165) is 30.1 Å². The van der Waals surface area contributed by atoms with Crippen molar-refractivity contribution in [1.82, 2.24) is 19.2 Å². The molecular formula is C21H28N4O4S. The summed E-state index contributed by atoms with van der Waals surface area (Å²) in [5.41, 5.74) is 2.63. The minimum atomic E-state index is -3.21. The highest BCUT2D eigenvalue weighted by atomic mass is 32.2. The maximum absolute atomic E-state index is 12.8. The fourth-order valence-electron chi connectivity index (χ4n) is 4.20. The first-order valence-corrected chi connectivity index (χ1v) is 12.0. The van der Waals surface area contributed by atoms with Crippen LogP contribution in [0.5, 0.6) is 5.75 Å². The molecule has 4 rings (SSSR count). The molecule has 2 aliphatic heterocycles. The summed E-state index contributed by atoms with van der Waals surface area (Å²) >= 11 is 0. The Morgan fingerprint density at radius 1 is 1.23 bits per heavy atom. The Morgan fingerprint density at radius 2 is 2.00 bits per heavy atom. The molecular weight excluding hydrogens is 404 g/mol. The van der Waals surface area contributed by atoms with Crippen molar-refractivity contribution >= 4 is 10.0 Å². The van der Waals surface area contributed by atoms with E-state index in [-0.39, 0.29) is 17.2 Å². The fraction of sp³-hybridized carbons (Fsp3) is 0.524. The molecule has 0 radical (unpaired) electrons. The lowest BCUT2D eigenvalue weighted by Crippen LogP contribution is -2.36. The molecule has 1 fully saturated rings. The monoisotopic (exact) mass is 432 g/mol. The standard InChI is InChI=1S/C21H28N4O4S/c1-3-30(27,28)25-11-8-16(13-25)20-22-19-9-10-24(14-18(19)21(26)23-20)12-15-4-6-17(29-2)7-5-15/h4-7,16H,3,8-14H2,1-2H3,(H,22,23,26)/t16-/m0/s1. The van der Waals surface area contributed by atoms with Gasteiger partial charge in [0, 0.05) is 45.1 Å². The summed E-state index contributed by atoms with van der Waals surface area (Å²) in [5.74, 6) is 1.49. The van der Waals surface area contributed by atoms with Crippen LogP contribution in [-0.2, 0) is 29.5 Å². The van der Waals surface area contributed by atoms with Crippen LogP contribution in [0.3, 0.4) is 0 Å². The summed E-state index contributed by atoms with van der Waals surface area (Å²) in [5, 5.41) is 0. The smallest absolute Gasteiger partial charge is 0.255 e. The Bertz CT molecular complexity index is 1070. The number of nitrogens with one attached hydrogen (secondary N) is 1. The van der Waals surface area contributed by atoms with E-state index in [1.807, 2.05) is 24.3 Å². The molecule has 8 nitrogen and oxygen atoms in total. The van der Waals surface area contributed by atoms with Gasteiger partial charge in [0.15, 0.2) is 0 Å². The van der Waals surface area contributed by atoms with Crippen molar-refractivity contribution in [1.29, 1.82) is 0 Å². The molecule has 0 bridgehead atoms. The topological polar surface area (TPSA) is 95.6 Å². The lowest BCUT2D eigenvalue weighted by Gasteiger charge is -2.28. The van der Waals surface area contributed by atoms with Crippen LogP contribution in [0.1, 0.15) is 41.9 Å². The van der Waals surface area contributed by atoms with E-state index in [1.165, 1.54) is 9.87 Å². The van der Waals surface area contributed by atoms with Crippen LogP contribution in [0.25, 0.3) is 0 Å². The SMILES string of the molecule is CCS(=O)(=O)N1CC[C@H](c2nc3c(c(=O)[nH]2)CN(Cc2ccc(OC)cc2)CC3)C1. The average Bonchev–Trinajstić information content (AvgIpc) is 3.26. The molecule has 1 aromatic carbocycles. The normalized spacial score (nSPS) is 20.3. The van der Waals surface area contributed by atoms with Gasteiger partial charge in [-0.2, -0.15) is 0 Å². The van der Waals surface area contributed by atoms with Crippen molar-refractivity contribution in [2.45, 2.75) is 38.8 Å². The molecule has 1 saturated heterocycles. The minimum Gasteiger partial charge on any atom is -0.497 e. The number of fused-ring (bicyclic) bond motifs is 1. The van der Waals surface area contributed by atoms with Gasteiger partial charge in [-0.25, -0.2) is 17.7 Å². The van der Waals surface area contributed by atoms with Gasteiger partial charge in [-0.05, 0) is 31.0 Å². The van der Waals surface area contributed by atoms with E-state index in [4.69, 9.17) is 9.72 Å². The largest absolute Gasteiger partial charge is 0.497 e. The maximum Gasteiger partial charge on any atom is 0.255 e. The Labute approximate surface area is 176 Å². The second-order valence-electron chi connectivity index (χ2n) is 7.93. The molecule has 30 heavy (non-hydrogen) atoms. The summed E-state index contributed by atoms with van der Waals surface area (Å²) in [4.78, 5) is 22.7. The second kappa shape index (κ2) is 8.49. The highest BCUT2D eigenvalue weighted by molar-refractivity contribution is 7.89. The molecule has 1 N–H and O–H groups in total. The zero-order chi connectivity index (χ0) is 21.3. The van der Waals surface area contributed by atoms with Crippen LogP contribution >= 0.6 is 0 Å². The van der Waals surface area contributed by atoms with Crippen molar-refractivity contribution < 1.29 is 13.2 Å². The summed E-state index contributed by atoms with van der Waals surface area (Å²) in [7, 11) is -1.56. The highest BCUT2D eigenvalue weighted by Crippen LogP contribution is 2.27. The van der Waals surface area contributed by atoms with Gasteiger partial charge in [-0.3, -0.25) is 9.69 Å². The molecule has 1 aromatic heterocycles. The lowest BCUT2D eigenvalue weighted by atomic mass is 10.0. The van der Waals surface area contributed by atoms with Gasteiger partial charge in [-0.1, -0.05) is 12.1 Å². The Morgan fingerprint density at radius 3 is 2.70 bits per heavy atom. The van der Waals surface area contributed by atoms with Crippen LogP contribution < -0.4 is 10.3 Å². The quantitative estimate of drug-likeness (QED) is 0.743. The van der Waals surface area contributed by atoms with Gasteiger partial charge in [-0.15, -0.1) is 0 Å². The molecule has 0 spiro atoms. The predicted octanol–water partition coefficient (Wildman–Crippen LogP) is 1.48. The van der Waals surface area contributed by atoms with Crippen molar-refractivity contribution in [3.63, 3.8) is 0 Å². The minimum absolute atomic E-state index is 0.0540. The Balaban J connectivity index is 1.47. The van der Waals surface area contributed by atoms with Crippen molar-refractivity contribution in [2.24, 2.45) is 0 Å². The molecule has 0 amide bonds. The van der Waals surface area contributed by atoms with Gasteiger partial charge in [0.25, 0.3) is 5.56 Å². The number of methoxy groups -OCH3 is 1. The summed E-state index contributed by atoms with van der Waals surface area (Å²) in [6, 6.07) is 7.96. The first kappa shape index (κ1) is 21.0. The number of ether oxygens (including phenoxy) is 1. The zero-order valence-electron chi connectivity index (χ0n) is 17.4. The van der Waals surface area contributed by atoms with Crippen LogP contribution in [0, 0.1) is 0 Å². The number of aromatic nitrogens is 2. The third kappa shape index (κ3) is 4.28. The van der Waals surface area contributed by atoms with E-state index in [0.29, 0.717) is 38.3 Å². The number of aromatic amines is 1. The Hall–Kier alpha value is -2.23. The summed E-state index contributed by atoms with van der Waals surface area (Å²) in [6.45, 7) is 4.68. The lowest BCUT2D eigenvalue weighted by molar-refractivity contribution is 0.241. The van der Waals surface area contributed by atoms with Crippen LogP contribution in [0.4, 0.5) is 0 Å². The fourth-order valence-corrected chi connectivity index (χ4v) is 5.36. The number of benzene rings is 1. The molecule has 0 unspecified atom stereocenters. The second-order valence-corrected chi connectivity index (χ2v) is 10.2. The van der Waals surface area contributed by atoms with Gasteiger partial charge in [0.2, 0.25) is 10.0 Å². The number of rotatable bonds is 6. The average molecular weight is 433 g/mol. The number of sulfonamides is 1. The molecule has 1 atom stereocenters. The third-order valence-corrected chi connectivity index (χ3v) is 7.88. The number of hydrogen-bond donors (Lipinski definition) is 1. The Kier molecular flexibility index (Phi) is 5.95. The molecule has 9 heteroatoms. The molecule has 0 saturated carbocycles. The summed E-state index contributed by atoms with van der Waals surface area (Å²) in [6.07, 6.45) is 1.40. The highest BCUT2D eigenvalue weighted by Gasteiger charge is 2.33. The van der Waals surface area contributed by atoms with Gasteiger partial charge in [0.1, 0.15) is 11.6 Å². The maximum atomic E-state index is 12.8. The van der Waals surface area contributed by atoms with Crippen LogP contribution in [-0.4, -0.2) is 60.1 Å². The van der Waals surface area contributed by atoms with Gasteiger partial charge in [0.05, 0.1) is 24.1 Å². The zero-order valence-corrected chi connectivity index (χ0v) is 18.2. The van der Waals surface area contributed by atoms with Crippen LogP contribution in [0.15, 0.2) is 29.1 Å². The first-order chi connectivity index (χ1) is 14.4.